The summed E-state index contributed by atoms with van der Waals surface area (Å²) in [4.78, 5) is 0.374. The number of nitrogens with one attached hydrogen (secondary N) is 1. The highest BCUT2D eigenvalue weighted by Gasteiger charge is 2.12. The van der Waals surface area contributed by atoms with Gasteiger partial charge in [0.25, 0.3) is 0 Å². The SMILES string of the molecule is CC(C)CC(C)NC(C)c1ccc(S(C)(=O)=O)cc1. The number of hydrogen-bond donors (Lipinski definition) is 1. The zero-order chi connectivity index (χ0) is 14.6. The lowest BCUT2D eigenvalue weighted by Gasteiger charge is -2.22. The van der Waals surface area contributed by atoms with Crippen LogP contribution in [0.1, 0.15) is 45.7 Å². The Bertz CT molecular complexity index is 491. The van der Waals surface area contributed by atoms with E-state index >= 15 is 0 Å². The van der Waals surface area contributed by atoms with Crippen LogP contribution < -0.4 is 5.32 Å². The molecule has 0 amide bonds. The summed E-state index contributed by atoms with van der Waals surface area (Å²) in [6, 6.07) is 7.80. The minimum absolute atomic E-state index is 0.224. The van der Waals surface area contributed by atoms with Gasteiger partial charge in [-0.15, -0.1) is 0 Å². The molecular formula is C15H25NO2S. The Balaban J connectivity index is 2.70. The first-order valence-electron chi connectivity index (χ1n) is 6.76. The van der Waals surface area contributed by atoms with Crippen LogP contribution in [-0.2, 0) is 9.84 Å². The molecule has 0 heterocycles. The molecule has 0 spiro atoms. The van der Waals surface area contributed by atoms with E-state index in [2.05, 4.69) is 33.0 Å². The summed E-state index contributed by atoms with van der Waals surface area (Å²) in [5, 5.41) is 3.54. The quantitative estimate of drug-likeness (QED) is 0.872. The van der Waals surface area contributed by atoms with E-state index in [1.54, 1.807) is 12.1 Å². The molecule has 1 aromatic rings. The highest BCUT2D eigenvalue weighted by atomic mass is 32.2. The fraction of sp³-hybridized carbons (Fsp3) is 0.600. The average Bonchev–Trinajstić information content (AvgIpc) is 2.26. The highest BCUT2D eigenvalue weighted by molar-refractivity contribution is 7.90. The summed E-state index contributed by atoms with van der Waals surface area (Å²) in [5.41, 5.74) is 1.11. The minimum Gasteiger partial charge on any atom is -0.308 e. The second-order valence-electron chi connectivity index (χ2n) is 5.76. The summed E-state index contributed by atoms with van der Waals surface area (Å²) < 4.78 is 22.8. The van der Waals surface area contributed by atoms with Crippen LogP contribution in [-0.4, -0.2) is 20.7 Å². The summed E-state index contributed by atoms with van der Waals surface area (Å²) >= 11 is 0. The molecule has 2 atom stereocenters. The Labute approximate surface area is 117 Å². The van der Waals surface area contributed by atoms with Crippen LogP contribution in [0.3, 0.4) is 0 Å². The first-order chi connectivity index (χ1) is 8.70. The van der Waals surface area contributed by atoms with E-state index in [9.17, 15) is 8.42 Å². The molecule has 0 aliphatic carbocycles. The van der Waals surface area contributed by atoms with E-state index in [0.29, 0.717) is 16.9 Å². The number of benzene rings is 1. The Hall–Kier alpha value is -0.870. The Kier molecular flexibility index (Phi) is 5.56. The van der Waals surface area contributed by atoms with Gasteiger partial charge in [0.2, 0.25) is 0 Å². The number of rotatable bonds is 6. The molecule has 0 fully saturated rings. The monoisotopic (exact) mass is 283 g/mol. The molecule has 0 aliphatic heterocycles. The zero-order valence-electron chi connectivity index (χ0n) is 12.5. The third-order valence-corrected chi connectivity index (χ3v) is 4.30. The molecule has 4 heteroatoms. The maximum Gasteiger partial charge on any atom is 0.175 e. The van der Waals surface area contributed by atoms with Gasteiger partial charge >= 0.3 is 0 Å². The largest absolute Gasteiger partial charge is 0.308 e. The van der Waals surface area contributed by atoms with Crippen LogP contribution in [0.5, 0.6) is 0 Å². The second-order valence-corrected chi connectivity index (χ2v) is 7.78. The molecule has 1 aromatic carbocycles. The molecule has 0 saturated carbocycles. The van der Waals surface area contributed by atoms with Crippen molar-refractivity contribution in [1.29, 1.82) is 0 Å². The second kappa shape index (κ2) is 6.53. The minimum atomic E-state index is -3.10. The third-order valence-electron chi connectivity index (χ3n) is 3.17. The summed E-state index contributed by atoms with van der Waals surface area (Å²) in [5.74, 6) is 0.669. The topological polar surface area (TPSA) is 46.2 Å². The molecule has 0 radical (unpaired) electrons. The average molecular weight is 283 g/mol. The van der Waals surface area contributed by atoms with Gasteiger partial charge in [-0.25, -0.2) is 8.42 Å². The van der Waals surface area contributed by atoms with Crippen molar-refractivity contribution in [2.45, 2.75) is 51.1 Å². The lowest BCUT2D eigenvalue weighted by molar-refractivity contribution is 0.407. The molecular weight excluding hydrogens is 258 g/mol. The van der Waals surface area contributed by atoms with Crippen molar-refractivity contribution in [3.8, 4) is 0 Å². The predicted octanol–water partition coefficient (Wildman–Crippen LogP) is 3.18. The van der Waals surface area contributed by atoms with E-state index in [1.807, 2.05) is 12.1 Å². The maximum atomic E-state index is 11.4. The molecule has 0 aromatic heterocycles. The predicted molar refractivity (Wildman–Crippen MR) is 80.0 cm³/mol. The zero-order valence-corrected chi connectivity index (χ0v) is 13.3. The molecule has 0 bridgehead atoms. The third kappa shape index (κ3) is 5.33. The summed E-state index contributed by atoms with van der Waals surface area (Å²) in [7, 11) is -3.10. The van der Waals surface area contributed by atoms with Crippen molar-refractivity contribution in [3.05, 3.63) is 29.8 Å². The van der Waals surface area contributed by atoms with Gasteiger partial charge in [0.1, 0.15) is 0 Å². The lowest BCUT2D eigenvalue weighted by atomic mass is 10.0. The molecule has 2 unspecified atom stereocenters. The van der Waals surface area contributed by atoms with Crippen LogP contribution in [0.25, 0.3) is 0 Å². The van der Waals surface area contributed by atoms with Crippen molar-refractivity contribution in [2.24, 2.45) is 5.92 Å². The first kappa shape index (κ1) is 16.2. The summed E-state index contributed by atoms with van der Waals surface area (Å²) in [6.07, 6.45) is 2.36. The van der Waals surface area contributed by atoms with Gasteiger partial charge in [-0.05, 0) is 43.9 Å². The van der Waals surface area contributed by atoms with E-state index in [1.165, 1.54) is 6.26 Å². The standard InChI is InChI=1S/C15H25NO2S/c1-11(2)10-12(3)16-13(4)14-6-8-15(9-7-14)19(5,17)18/h6-9,11-13,16H,10H2,1-5H3. The van der Waals surface area contributed by atoms with E-state index in [-0.39, 0.29) is 6.04 Å². The number of sulfone groups is 1. The van der Waals surface area contributed by atoms with Crippen molar-refractivity contribution in [3.63, 3.8) is 0 Å². The smallest absolute Gasteiger partial charge is 0.175 e. The molecule has 0 aliphatic rings. The number of hydrogen-bond acceptors (Lipinski definition) is 3. The first-order valence-corrected chi connectivity index (χ1v) is 8.65. The van der Waals surface area contributed by atoms with Crippen LogP contribution in [0, 0.1) is 5.92 Å². The van der Waals surface area contributed by atoms with Gasteiger partial charge in [0, 0.05) is 18.3 Å². The Morgan fingerprint density at radius 1 is 1.05 bits per heavy atom. The van der Waals surface area contributed by atoms with Crippen molar-refractivity contribution in [2.75, 3.05) is 6.26 Å². The van der Waals surface area contributed by atoms with E-state index < -0.39 is 9.84 Å². The van der Waals surface area contributed by atoms with Crippen molar-refractivity contribution < 1.29 is 8.42 Å². The van der Waals surface area contributed by atoms with Crippen LogP contribution in [0.4, 0.5) is 0 Å². The van der Waals surface area contributed by atoms with E-state index in [4.69, 9.17) is 0 Å². The molecule has 1 N–H and O–H groups in total. The highest BCUT2D eigenvalue weighted by Crippen LogP contribution is 2.17. The van der Waals surface area contributed by atoms with Crippen molar-refractivity contribution in [1.82, 2.24) is 5.32 Å². The molecule has 0 saturated heterocycles. The van der Waals surface area contributed by atoms with Gasteiger partial charge in [-0.3, -0.25) is 0 Å². The van der Waals surface area contributed by atoms with Gasteiger partial charge in [0.15, 0.2) is 9.84 Å². The molecule has 108 valence electrons. The lowest BCUT2D eigenvalue weighted by Crippen LogP contribution is -2.30. The molecule has 3 nitrogen and oxygen atoms in total. The fourth-order valence-corrected chi connectivity index (χ4v) is 2.93. The normalized spacial score (nSPS) is 15.5. The fourth-order valence-electron chi connectivity index (χ4n) is 2.30. The van der Waals surface area contributed by atoms with Gasteiger partial charge in [0.05, 0.1) is 4.90 Å². The van der Waals surface area contributed by atoms with Crippen LogP contribution in [0.15, 0.2) is 29.2 Å². The molecule has 19 heavy (non-hydrogen) atoms. The Morgan fingerprint density at radius 2 is 1.58 bits per heavy atom. The van der Waals surface area contributed by atoms with Crippen molar-refractivity contribution >= 4 is 9.84 Å². The molecule has 1 rings (SSSR count). The Morgan fingerprint density at radius 3 is 2.00 bits per heavy atom. The van der Waals surface area contributed by atoms with Gasteiger partial charge in [-0.1, -0.05) is 26.0 Å². The summed E-state index contributed by atoms with van der Waals surface area (Å²) in [6.45, 7) is 8.71. The van der Waals surface area contributed by atoms with Crippen LogP contribution >= 0.6 is 0 Å². The van der Waals surface area contributed by atoms with Crippen LogP contribution in [0.2, 0.25) is 0 Å². The van der Waals surface area contributed by atoms with Gasteiger partial charge < -0.3 is 5.32 Å². The maximum absolute atomic E-state index is 11.4. The van der Waals surface area contributed by atoms with E-state index in [0.717, 1.165) is 12.0 Å². The van der Waals surface area contributed by atoms with Gasteiger partial charge in [-0.2, -0.15) is 0 Å².